The first-order chi connectivity index (χ1) is 12.6. The standard InChI is InChI=1S/C20H23N3O3/c1-3-7-19(24)22-17-12-10-15(11-13-17)20(25)23-21-14-16-8-5-6-9-18(16)26-4-2/h5-6,8-14H,3-4,7H2,1-2H3,(H,22,24)(H,23,25)/b21-14+. The molecule has 0 aliphatic rings. The minimum Gasteiger partial charge on any atom is -0.493 e. The summed E-state index contributed by atoms with van der Waals surface area (Å²) < 4.78 is 5.50. The molecule has 2 rings (SSSR count). The normalized spacial score (nSPS) is 10.5. The fraction of sp³-hybridized carbons (Fsp3) is 0.250. The molecular formula is C20H23N3O3. The van der Waals surface area contributed by atoms with E-state index < -0.39 is 0 Å². The van der Waals surface area contributed by atoms with Gasteiger partial charge in [-0.25, -0.2) is 5.43 Å². The smallest absolute Gasteiger partial charge is 0.271 e. The molecule has 2 aromatic rings. The Morgan fingerprint density at radius 2 is 1.81 bits per heavy atom. The third-order valence-electron chi connectivity index (χ3n) is 3.50. The van der Waals surface area contributed by atoms with Crippen LogP contribution in [0.4, 0.5) is 5.69 Å². The maximum atomic E-state index is 12.1. The summed E-state index contributed by atoms with van der Waals surface area (Å²) in [5.41, 5.74) is 4.38. The Balaban J connectivity index is 1.94. The van der Waals surface area contributed by atoms with Crippen LogP contribution >= 0.6 is 0 Å². The van der Waals surface area contributed by atoms with E-state index in [0.29, 0.717) is 30.0 Å². The van der Waals surface area contributed by atoms with E-state index in [-0.39, 0.29) is 11.8 Å². The number of hydrogen-bond donors (Lipinski definition) is 2. The van der Waals surface area contributed by atoms with Gasteiger partial charge in [0, 0.05) is 23.2 Å². The van der Waals surface area contributed by atoms with Gasteiger partial charge in [-0.2, -0.15) is 5.10 Å². The predicted molar refractivity (Wildman–Crippen MR) is 103 cm³/mol. The van der Waals surface area contributed by atoms with E-state index in [1.54, 1.807) is 30.5 Å². The first-order valence-electron chi connectivity index (χ1n) is 8.59. The van der Waals surface area contributed by atoms with Crippen LogP contribution in [-0.2, 0) is 4.79 Å². The highest BCUT2D eigenvalue weighted by atomic mass is 16.5. The molecule has 2 N–H and O–H groups in total. The van der Waals surface area contributed by atoms with Crippen molar-refractivity contribution in [3.05, 3.63) is 59.7 Å². The number of anilines is 1. The van der Waals surface area contributed by atoms with Crippen molar-refractivity contribution in [3.8, 4) is 5.75 Å². The molecule has 136 valence electrons. The molecule has 0 bridgehead atoms. The van der Waals surface area contributed by atoms with Crippen LogP contribution < -0.4 is 15.5 Å². The highest BCUT2D eigenvalue weighted by Gasteiger charge is 2.06. The van der Waals surface area contributed by atoms with Crippen LogP contribution in [0.15, 0.2) is 53.6 Å². The number of hydrogen-bond acceptors (Lipinski definition) is 4. The van der Waals surface area contributed by atoms with Crippen molar-refractivity contribution in [2.75, 3.05) is 11.9 Å². The molecule has 0 spiro atoms. The first kappa shape index (κ1) is 19.2. The maximum Gasteiger partial charge on any atom is 0.271 e. The van der Waals surface area contributed by atoms with E-state index in [1.807, 2.05) is 38.1 Å². The number of carbonyl (C=O) groups is 2. The van der Waals surface area contributed by atoms with Gasteiger partial charge in [-0.3, -0.25) is 9.59 Å². The van der Waals surface area contributed by atoms with Gasteiger partial charge in [-0.15, -0.1) is 0 Å². The minimum atomic E-state index is -0.332. The summed E-state index contributed by atoms with van der Waals surface area (Å²) in [6, 6.07) is 14.1. The van der Waals surface area contributed by atoms with Crippen LogP contribution in [0.3, 0.4) is 0 Å². The topological polar surface area (TPSA) is 79.8 Å². The SMILES string of the molecule is CCCC(=O)Nc1ccc(C(=O)N/N=C/c2ccccc2OCC)cc1. The predicted octanol–water partition coefficient (Wildman–Crippen LogP) is 3.59. The fourth-order valence-corrected chi connectivity index (χ4v) is 2.25. The van der Waals surface area contributed by atoms with Crippen LogP contribution in [0.1, 0.15) is 42.6 Å². The fourth-order valence-electron chi connectivity index (χ4n) is 2.25. The molecule has 0 unspecified atom stereocenters. The Kier molecular flexibility index (Phi) is 7.36. The number of para-hydroxylation sites is 1. The molecule has 2 aromatic carbocycles. The quantitative estimate of drug-likeness (QED) is 0.562. The lowest BCUT2D eigenvalue weighted by atomic mass is 10.2. The average molecular weight is 353 g/mol. The number of nitrogens with zero attached hydrogens (tertiary/aromatic N) is 1. The molecule has 0 aliphatic heterocycles. The van der Waals surface area contributed by atoms with Gasteiger partial charge in [0.15, 0.2) is 0 Å². The Morgan fingerprint density at radius 1 is 1.08 bits per heavy atom. The van der Waals surface area contributed by atoms with Gasteiger partial charge < -0.3 is 10.1 Å². The molecule has 0 aliphatic carbocycles. The second-order valence-electron chi connectivity index (χ2n) is 5.55. The lowest BCUT2D eigenvalue weighted by molar-refractivity contribution is -0.116. The van der Waals surface area contributed by atoms with Gasteiger partial charge in [0.1, 0.15) is 5.75 Å². The van der Waals surface area contributed by atoms with E-state index in [0.717, 1.165) is 12.0 Å². The molecule has 6 heteroatoms. The Labute approximate surface area is 153 Å². The largest absolute Gasteiger partial charge is 0.493 e. The molecular weight excluding hydrogens is 330 g/mol. The summed E-state index contributed by atoms with van der Waals surface area (Å²) >= 11 is 0. The molecule has 2 amide bonds. The number of carbonyl (C=O) groups excluding carboxylic acids is 2. The Hall–Kier alpha value is -3.15. The zero-order valence-corrected chi connectivity index (χ0v) is 15.0. The lowest BCUT2D eigenvalue weighted by Crippen LogP contribution is -2.18. The maximum absolute atomic E-state index is 12.1. The van der Waals surface area contributed by atoms with E-state index in [4.69, 9.17) is 4.74 Å². The van der Waals surface area contributed by atoms with Crippen LogP contribution in [0.5, 0.6) is 5.75 Å². The molecule has 0 saturated heterocycles. The van der Waals surface area contributed by atoms with Gasteiger partial charge in [0.05, 0.1) is 12.8 Å². The van der Waals surface area contributed by atoms with E-state index in [2.05, 4.69) is 15.8 Å². The Bertz CT molecular complexity index is 770. The van der Waals surface area contributed by atoms with Crippen LogP contribution in [-0.4, -0.2) is 24.6 Å². The van der Waals surface area contributed by atoms with Crippen molar-refractivity contribution < 1.29 is 14.3 Å². The van der Waals surface area contributed by atoms with Crippen molar-refractivity contribution >= 4 is 23.7 Å². The first-order valence-corrected chi connectivity index (χ1v) is 8.59. The van der Waals surface area contributed by atoms with Crippen molar-refractivity contribution in [3.63, 3.8) is 0 Å². The van der Waals surface area contributed by atoms with Crippen molar-refractivity contribution in [2.45, 2.75) is 26.7 Å². The summed E-state index contributed by atoms with van der Waals surface area (Å²) in [7, 11) is 0. The summed E-state index contributed by atoms with van der Waals surface area (Å²) in [4.78, 5) is 23.7. The zero-order valence-electron chi connectivity index (χ0n) is 15.0. The zero-order chi connectivity index (χ0) is 18.8. The monoisotopic (exact) mass is 353 g/mol. The van der Waals surface area contributed by atoms with Gasteiger partial charge in [-0.05, 0) is 49.7 Å². The van der Waals surface area contributed by atoms with Crippen LogP contribution in [0.25, 0.3) is 0 Å². The van der Waals surface area contributed by atoms with Crippen molar-refractivity contribution in [2.24, 2.45) is 5.10 Å². The molecule has 6 nitrogen and oxygen atoms in total. The number of benzene rings is 2. The molecule has 0 aromatic heterocycles. The molecule has 26 heavy (non-hydrogen) atoms. The summed E-state index contributed by atoms with van der Waals surface area (Å²) in [6.45, 7) is 4.41. The molecule has 0 radical (unpaired) electrons. The second kappa shape index (κ2) is 9.98. The summed E-state index contributed by atoms with van der Waals surface area (Å²) in [6.07, 6.45) is 2.80. The number of nitrogens with one attached hydrogen (secondary N) is 2. The number of hydrazone groups is 1. The van der Waals surface area contributed by atoms with Gasteiger partial charge >= 0.3 is 0 Å². The highest BCUT2D eigenvalue weighted by molar-refractivity contribution is 5.96. The Morgan fingerprint density at radius 3 is 2.50 bits per heavy atom. The second-order valence-corrected chi connectivity index (χ2v) is 5.55. The molecule has 0 fully saturated rings. The van der Waals surface area contributed by atoms with Gasteiger partial charge in [0.2, 0.25) is 5.91 Å². The molecule has 0 saturated carbocycles. The number of ether oxygens (including phenoxy) is 1. The third-order valence-corrected chi connectivity index (χ3v) is 3.50. The minimum absolute atomic E-state index is 0.0396. The number of rotatable bonds is 8. The van der Waals surface area contributed by atoms with Crippen LogP contribution in [0, 0.1) is 0 Å². The van der Waals surface area contributed by atoms with E-state index in [9.17, 15) is 9.59 Å². The van der Waals surface area contributed by atoms with E-state index >= 15 is 0 Å². The molecule has 0 atom stereocenters. The number of amides is 2. The third kappa shape index (κ3) is 5.73. The van der Waals surface area contributed by atoms with Crippen molar-refractivity contribution in [1.82, 2.24) is 5.43 Å². The molecule has 0 heterocycles. The summed E-state index contributed by atoms with van der Waals surface area (Å²) in [5, 5.41) is 6.76. The van der Waals surface area contributed by atoms with Crippen molar-refractivity contribution in [1.29, 1.82) is 0 Å². The summed E-state index contributed by atoms with van der Waals surface area (Å²) in [5.74, 6) is 0.337. The van der Waals surface area contributed by atoms with Gasteiger partial charge in [-0.1, -0.05) is 19.1 Å². The van der Waals surface area contributed by atoms with Crippen LogP contribution in [0.2, 0.25) is 0 Å². The van der Waals surface area contributed by atoms with Gasteiger partial charge in [0.25, 0.3) is 5.91 Å². The lowest BCUT2D eigenvalue weighted by Gasteiger charge is -2.06. The van der Waals surface area contributed by atoms with E-state index in [1.165, 1.54) is 0 Å². The average Bonchev–Trinajstić information content (AvgIpc) is 2.64. The highest BCUT2D eigenvalue weighted by Crippen LogP contribution is 2.15.